The molecule has 1 aliphatic rings. The van der Waals surface area contributed by atoms with E-state index in [1.165, 1.54) is 0 Å². The van der Waals surface area contributed by atoms with Gasteiger partial charge < -0.3 is 10.1 Å². The Morgan fingerprint density at radius 2 is 2.09 bits per heavy atom. The lowest BCUT2D eigenvalue weighted by atomic mass is 10.1. The van der Waals surface area contributed by atoms with Crippen molar-refractivity contribution in [2.24, 2.45) is 5.92 Å². The van der Waals surface area contributed by atoms with Crippen LogP contribution in [0.5, 0.6) is 0 Å². The molecule has 3 rings (SSSR count). The number of hydrogen-bond donors (Lipinski definition) is 2. The van der Waals surface area contributed by atoms with Gasteiger partial charge in [-0.3, -0.25) is 5.32 Å². The summed E-state index contributed by atoms with van der Waals surface area (Å²) in [7, 11) is 0. The van der Waals surface area contributed by atoms with Gasteiger partial charge >= 0.3 is 6.03 Å². The minimum absolute atomic E-state index is 0.264. The van der Waals surface area contributed by atoms with E-state index in [4.69, 9.17) is 4.74 Å². The van der Waals surface area contributed by atoms with Gasteiger partial charge in [-0.2, -0.15) is 5.10 Å². The highest BCUT2D eigenvalue weighted by Gasteiger charge is 2.18. The average molecular weight is 314 g/mol. The van der Waals surface area contributed by atoms with Crippen molar-refractivity contribution in [1.82, 2.24) is 9.78 Å². The molecule has 0 spiro atoms. The lowest BCUT2D eigenvalue weighted by Gasteiger charge is -2.13. The molecular formula is C17H22N4O2. The molecule has 2 aromatic rings. The number of ether oxygens (including phenoxy) is 1. The third-order valence-electron chi connectivity index (χ3n) is 3.89. The molecule has 122 valence electrons. The van der Waals surface area contributed by atoms with E-state index in [1.54, 1.807) is 12.3 Å². The number of carbonyl (C=O) groups is 1. The van der Waals surface area contributed by atoms with Crippen molar-refractivity contribution < 1.29 is 9.53 Å². The summed E-state index contributed by atoms with van der Waals surface area (Å²) in [5, 5.41) is 10.0. The topological polar surface area (TPSA) is 68.2 Å². The van der Waals surface area contributed by atoms with Gasteiger partial charge in [0.05, 0.1) is 12.8 Å². The fraction of sp³-hybridized carbons (Fsp3) is 0.412. The van der Waals surface area contributed by atoms with Gasteiger partial charge in [0.25, 0.3) is 0 Å². The molecule has 1 atom stereocenters. The van der Waals surface area contributed by atoms with Crippen molar-refractivity contribution in [1.29, 1.82) is 0 Å². The van der Waals surface area contributed by atoms with Crippen molar-refractivity contribution in [3.8, 4) is 0 Å². The third kappa shape index (κ3) is 4.10. The molecule has 6 nitrogen and oxygen atoms in total. The maximum absolute atomic E-state index is 12.2. The lowest BCUT2D eigenvalue weighted by molar-refractivity contribution is 0.181. The van der Waals surface area contributed by atoms with Crippen molar-refractivity contribution in [2.75, 3.05) is 23.8 Å². The Hall–Kier alpha value is -2.34. The van der Waals surface area contributed by atoms with Crippen LogP contribution < -0.4 is 10.6 Å². The lowest BCUT2D eigenvalue weighted by Crippen LogP contribution is -2.23. The van der Waals surface area contributed by atoms with E-state index < -0.39 is 0 Å². The SMILES string of the molecule is Cc1cc(C)cc(NC(=O)Nc2ccnn2C[C@@H]2CCOC2)c1. The van der Waals surface area contributed by atoms with Gasteiger partial charge in [-0.25, -0.2) is 9.48 Å². The van der Waals surface area contributed by atoms with Crippen molar-refractivity contribution in [2.45, 2.75) is 26.8 Å². The first-order valence-corrected chi connectivity index (χ1v) is 7.86. The van der Waals surface area contributed by atoms with Crippen LogP contribution in [-0.2, 0) is 11.3 Å². The Bertz CT molecular complexity index is 669. The molecule has 1 aliphatic heterocycles. The van der Waals surface area contributed by atoms with Crippen molar-refractivity contribution in [3.63, 3.8) is 0 Å². The second-order valence-electron chi connectivity index (χ2n) is 6.08. The molecule has 0 aliphatic carbocycles. The second kappa shape index (κ2) is 6.83. The maximum atomic E-state index is 12.2. The van der Waals surface area contributed by atoms with E-state index in [9.17, 15) is 4.79 Å². The molecule has 1 fully saturated rings. The van der Waals surface area contributed by atoms with Gasteiger partial charge in [-0.15, -0.1) is 0 Å². The molecule has 1 saturated heterocycles. The van der Waals surface area contributed by atoms with Gasteiger partial charge in [0.2, 0.25) is 0 Å². The number of aromatic nitrogens is 2. The standard InChI is InChI=1S/C17H22N4O2/c1-12-7-13(2)9-15(8-12)19-17(22)20-16-3-5-18-21(16)10-14-4-6-23-11-14/h3,5,7-9,14H,4,6,10-11H2,1-2H3,(H2,19,20,22)/t14-/m0/s1. The zero-order valence-electron chi connectivity index (χ0n) is 13.5. The summed E-state index contributed by atoms with van der Waals surface area (Å²) >= 11 is 0. The van der Waals surface area contributed by atoms with Gasteiger partial charge in [-0.1, -0.05) is 6.07 Å². The predicted molar refractivity (Wildman–Crippen MR) is 89.7 cm³/mol. The molecule has 0 saturated carbocycles. The second-order valence-corrected chi connectivity index (χ2v) is 6.08. The quantitative estimate of drug-likeness (QED) is 0.910. The number of anilines is 2. The smallest absolute Gasteiger partial charge is 0.324 e. The van der Waals surface area contributed by atoms with E-state index in [0.29, 0.717) is 11.7 Å². The Labute approximate surface area is 135 Å². The van der Waals surface area contributed by atoms with Gasteiger partial charge in [0.15, 0.2) is 0 Å². The zero-order valence-corrected chi connectivity index (χ0v) is 13.5. The predicted octanol–water partition coefficient (Wildman–Crippen LogP) is 3.18. The number of rotatable bonds is 4. The molecule has 0 radical (unpaired) electrons. The molecule has 0 bridgehead atoms. The van der Waals surface area contributed by atoms with Crippen LogP contribution in [-0.4, -0.2) is 29.0 Å². The number of amides is 2. The number of urea groups is 1. The molecule has 2 heterocycles. The highest BCUT2D eigenvalue weighted by Crippen LogP contribution is 2.18. The van der Waals surface area contributed by atoms with Crippen LogP contribution in [0.15, 0.2) is 30.5 Å². The molecule has 1 aromatic heterocycles. The van der Waals surface area contributed by atoms with Crippen LogP contribution in [0.1, 0.15) is 17.5 Å². The van der Waals surface area contributed by atoms with Gasteiger partial charge in [-0.05, 0) is 43.5 Å². The van der Waals surface area contributed by atoms with Gasteiger partial charge in [0.1, 0.15) is 5.82 Å². The molecule has 1 aromatic carbocycles. The Kier molecular flexibility index (Phi) is 4.62. The minimum Gasteiger partial charge on any atom is -0.381 e. The summed E-state index contributed by atoms with van der Waals surface area (Å²) in [4.78, 5) is 12.2. The molecular weight excluding hydrogens is 292 g/mol. The molecule has 23 heavy (non-hydrogen) atoms. The Morgan fingerprint density at radius 3 is 2.78 bits per heavy atom. The average Bonchev–Trinajstić information content (AvgIpc) is 3.11. The Morgan fingerprint density at radius 1 is 1.30 bits per heavy atom. The van der Waals surface area contributed by atoms with E-state index in [0.717, 1.165) is 43.0 Å². The number of hydrogen-bond acceptors (Lipinski definition) is 3. The summed E-state index contributed by atoms with van der Waals surface area (Å²) in [6, 6.07) is 7.50. The van der Waals surface area contributed by atoms with Crippen LogP contribution in [0.3, 0.4) is 0 Å². The van der Waals surface area contributed by atoms with Crippen LogP contribution in [0.2, 0.25) is 0 Å². The summed E-state index contributed by atoms with van der Waals surface area (Å²) in [5.74, 6) is 1.15. The number of benzene rings is 1. The monoisotopic (exact) mass is 314 g/mol. The number of carbonyl (C=O) groups excluding carboxylic acids is 1. The highest BCUT2D eigenvalue weighted by molar-refractivity contribution is 5.99. The van der Waals surface area contributed by atoms with E-state index in [1.807, 2.05) is 30.7 Å². The van der Waals surface area contributed by atoms with Crippen LogP contribution in [0, 0.1) is 19.8 Å². The van der Waals surface area contributed by atoms with E-state index >= 15 is 0 Å². The largest absolute Gasteiger partial charge is 0.381 e. The maximum Gasteiger partial charge on any atom is 0.324 e. The minimum atomic E-state index is -0.264. The first kappa shape index (κ1) is 15.6. The number of nitrogens with zero attached hydrogens (tertiary/aromatic N) is 2. The Balaban J connectivity index is 1.62. The summed E-state index contributed by atoms with van der Waals surface area (Å²) < 4.78 is 7.21. The number of aryl methyl sites for hydroxylation is 2. The molecule has 2 amide bonds. The first-order valence-electron chi connectivity index (χ1n) is 7.86. The summed E-state index contributed by atoms with van der Waals surface area (Å²) in [6.45, 7) is 6.34. The third-order valence-corrected chi connectivity index (χ3v) is 3.89. The highest BCUT2D eigenvalue weighted by atomic mass is 16.5. The zero-order chi connectivity index (χ0) is 16.2. The van der Waals surface area contributed by atoms with E-state index in [-0.39, 0.29) is 6.03 Å². The molecule has 0 unspecified atom stereocenters. The van der Waals surface area contributed by atoms with Crippen molar-refractivity contribution in [3.05, 3.63) is 41.6 Å². The molecule has 6 heteroatoms. The van der Waals surface area contributed by atoms with Crippen LogP contribution >= 0.6 is 0 Å². The molecule has 2 N–H and O–H groups in total. The van der Waals surface area contributed by atoms with Crippen molar-refractivity contribution >= 4 is 17.5 Å². The fourth-order valence-corrected chi connectivity index (χ4v) is 2.88. The summed E-state index contributed by atoms with van der Waals surface area (Å²) in [5.41, 5.74) is 3.02. The summed E-state index contributed by atoms with van der Waals surface area (Å²) in [6.07, 6.45) is 2.73. The fourth-order valence-electron chi connectivity index (χ4n) is 2.88. The first-order chi connectivity index (χ1) is 11.1. The number of nitrogens with one attached hydrogen (secondary N) is 2. The van der Waals surface area contributed by atoms with Crippen LogP contribution in [0.25, 0.3) is 0 Å². The van der Waals surface area contributed by atoms with E-state index in [2.05, 4.69) is 21.8 Å². The normalized spacial score (nSPS) is 17.2. The van der Waals surface area contributed by atoms with Crippen LogP contribution in [0.4, 0.5) is 16.3 Å². The van der Waals surface area contributed by atoms with Gasteiger partial charge in [0, 0.05) is 30.8 Å².